The number of nitrogens with two attached hydrogens (primary N) is 1. The molecule has 0 aliphatic heterocycles. The fourth-order valence-electron chi connectivity index (χ4n) is 2.86. The van der Waals surface area contributed by atoms with E-state index in [1.165, 1.54) is 32.1 Å². The van der Waals surface area contributed by atoms with Crippen LogP contribution in [0.4, 0.5) is 5.95 Å². The van der Waals surface area contributed by atoms with Gasteiger partial charge in [-0.05, 0) is 12.8 Å². The molecule has 0 radical (unpaired) electrons. The Morgan fingerprint density at radius 1 is 1.00 bits per heavy atom. The smallest absolute Gasteiger partial charge is 0.278 e. The molecule has 0 saturated heterocycles. The first kappa shape index (κ1) is 12.2. The molecular weight excluding hydrogens is 242 g/mol. The van der Waals surface area contributed by atoms with Crippen LogP contribution in [-0.4, -0.2) is 19.9 Å². The van der Waals surface area contributed by atoms with E-state index in [0.29, 0.717) is 17.1 Å². The standard InChI is InChI=1S/C13H19N5O/c14-13-17-11-9(12(19)18-13)15-10(16-11)8-6-4-2-1-3-5-7-8/h8H,1-7H2,(H4,14,15,16,17,18,19). The van der Waals surface area contributed by atoms with Crippen molar-refractivity contribution in [3.63, 3.8) is 0 Å². The number of fused-ring (bicyclic) bond motifs is 1. The minimum absolute atomic E-state index is 0.119. The Hall–Kier alpha value is -1.85. The van der Waals surface area contributed by atoms with Crippen molar-refractivity contribution in [2.75, 3.05) is 5.73 Å². The summed E-state index contributed by atoms with van der Waals surface area (Å²) in [5.74, 6) is 1.42. The number of aromatic amines is 2. The number of nitrogens with zero attached hydrogens (tertiary/aromatic N) is 2. The Bertz CT molecular complexity index is 621. The van der Waals surface area contributed by atoms with Gasteiger partial charge in [0.05, 0.1) is 0 Å². The second-order valence-corrected chi connectivity index (χ2v) is 5.31. The van der Waals surface area contributed by atoms with Gasteiger partial charge in [-0.1, -0.05) is 32.1 Å². The van der Waals surface area contributed by atoms with E-state index in [2.05, 4.69) is 19.9 Å². The van der Waals surface area contributed by atoms with Gasteiger partial charge in [0.1, 0.15) is 5.82 Å². The lowest BCUT2D eigenvalue weighted by Gasteiger charge is -2.17. The zero-order chi connectivity index (χ0) is 13.2. The van der Waals surface area contributed by atoms with Gasteiger partial charge in [-0.3, -0.25) is 9.78 Å². The summed E-state index contributed by atoms with van der Waals surface area (Å²) in [7, 11) is 0. The maximum atomic E-state index is 11.8. The molecule has 0 unspecified atom stereocenters. The normalized spacial score (nSPS) is 18.3. The van der Waals surface area contributed by atoms with E-state index in [1.54, 1.807) is 0 Å². The lowest BCUT2D eigenvalue weighted by Crippen LogP contribution is -2.11. The van der Waals surface area contributed by atoms with Crippen LogP contribution in [0.15, 0.2) is 4.79 Å². The van der Waals surface area contributed by atoms with Crippen molar-refractivity contribution in [2.45, 2.75) is 50.9 Å². The number of hydrogen-bond donors (Lipinski definition) is 3. The third-order valence-corrected chi connectivity index (χ3v) is 3.89. The van der Waals surface area contributed by atoms with Crippen molar-refractivity contribution in [1.82, 2.24) is 19.9 Å². The average Bonchev–Trinajstić information content (AvgIpc) is 2.72. The maximum Gasteiger partial charge on any atom is 0.278 e. The van der Waals surface area contributed by atoms with E-state index in [9.17, 15) is 4.79 Å². The van der Waals surface area contributed by atoms with Crippen LogP contribution in [0.1, 0.15) is 56.7 Å². The highest BCUT2D eigenvalue weighted by molar-refractivity contribution is 5.70. The molecule has 6 heteroatoms. The summed E-state index contributed by atoms with van der Waals surface area (Å²) >= 11 is 0. The number of nitrogen functional groups attached to an aromatic ring is 1. The second-order valence-electron chi connectivity index (χ2n) is 5.31. The molecule has 2 aromatic rings. The van der Waals surface area contributed by atoms with E-state index >= 15 is 0 Å². The summed E-state index contributed by atoms with van der Waals surface area (Å²) in [5.41, 5.74) is 6.16. The minimum Gasteiger partial charge on any atom is -0.369 e. The summed E-state index contributed by atoms with van der Waals surface area (Å²) in [4.78, 5) is 25.9. The lowest BCUT2D eigenvalue weighted by molar-refractivity contribution is 0.445. The molecule has 2 heterocycles. The van der Waals surface area contributed by atoms with Crippen molar-refractivity contribution in [3.8, 4) is 0 Å². The maximum absolute atomic E-state index is 11.8. The van der Waals surface area contributed by atoms with Gasteiger partial charge in [0.2, 0.25) is 5.95 Å². The predicted molar refractivity (Wildman–Crippen MR) is 74.0 cm³/mol. The van der Waals surface area contributed by atoms with Crippen LogP contribution in [0.3, 0.4) is 0 Å². The van der Waals surface area contributed by atoms with Gasteiger partial charge < -0.3 is 10.7 Å². The molecule has 102 valence electrons. The van der Waals surface area contributed by atoms with Crippen LogP contribution in [0, 0.1) is 0 Å². The van der Waals surface area contributed by atoms with Gasteiger partial charge >= 0.3 is 0 Å². The van der Waals surface area contributed by atoms with Crippen LogP contribution in [0.5, 0.6) is 0 Å². The Morgan fingerprint density at radius 3 is 2.42 bits per heavy atom. The quantitative estimate of drug-likeness (QED) is 0.731. The Kier molecular flexibility index (Phi) is 3.23. The van der Waals surface area contributed by atoms with Crippen molar-refractivity contribution < 1.29 is 0 Å². The lowest BCUT2D eigenvalue weighted by atomic mass is 9.91. The minimum atomic E-state index is -0.243. The third-order valence-electron chi connectivity index (χ3n) is 3.89. The molecular formula is C13H19N5O. The van der Waals surface area contributed by atoms with E-state index < -0.39 is 0 Å². The van der Waals surface area contributed by atoms with Crippen molar-refractivity contribution in [1.29, 1.82) is 0 Å². The third kappa shape index (κ3) is 2.47. The molecule has 6 nitrogen and oxygen atoms in total. The fourth-order valence-corrected chi connectivity index (χ4v) is 2.86. The zero-order valence-corrected chi connectivity index (χ0v) is 10.9. The first-order valence-corrected chi connectivity index (χ1v) is 6.99. The number of aromatic nitrogens is 4. The average molecular weight is 261 g/mol. The molecule has 0 atom stereocenters. The number of hydrogen-bond acceptors (Lipinski definition) is 4. The second kappa shape index (κ2) is 5.03. The van der Waals surface area contributed by atoms with Crippen LogP contribution in [0.2, 0.25) is 0 Å². The molecule has 1 aliphatic carbocycles. The molecule has 0 bridgehead atoms. The van der Waals surface area contributed by atoms with Crippen molar-refractivity contribution in [2.24, 2.45) is 0 Å². The predicted octanol–water partition coefficient (Wildman–Crippen LogP) is 2.06. The Morgan fingerprint density at radius 2 is 1.68 bits per heavy atom. The Labute approximate surface area is 110 Å². The first-order chi connectivity index (χ1) is 9.24. The largest absolute Gasteiger partial charge is 0.369 e. The highest BCUT2D eigenvalue weighted by Gasteiger charge is 2.18. The Balaban J connectivity index is 1.95. The number of rotatable bonds is 1. The molecule has 3 rings (SSSR count). The number of imidazole rings is 1. The molecule has 19 heavy (non-hydrogen) atoms. The molecule has 0 aromatic carbocycles. The molecule has 1 aliphatic rings. The zero-order valence-electron chi connectivity index (χ0n) is 10.9. The summed E-state index contributed by atoms with van der Waals surface area (Å²) in [6.45, 7) is 0. The first-order valence-electron chi connectivity index (χ1n) is 6.99. The number of anilines is 1. The molecule has 1 fully saturated rings. The summed E-state index contributed by atoms with van der Waals surface area (Å²) < 4.78 is 0. The topological polar surface area (TPSA) is 100 Å². The van der Waals surface area contributed by atoms with Crippen molar-refractivity contribution in [3.05, 3.63) is 16.2 Å². The monoisotopic (exact) mass is 261 g/mol. The summed E-state index contributed by atoms with van der Waals surface area (Å²) in [6.07, 6.45) is 8.65. The molecule has 0 spiro atoms. The summed E-state index contributed by atoms with van der Waals surface area (Å²) in [5, 5.41) is 0. The van der Waals surface area contributed by atoms with Crippen LogP contribution in [0.25, 0.3) is 11.2 Å². The van der Waals surface area contributed by atoms with Gasteiger partial charge in [-0.2, -0.15) is 4.98 Å². The van der Waals surface area contributed by atoms with E-state index in [-0.39, 0.29) is 11.5 Å². The molecule has 1 saturated carbocycles. The van der Waals surface area contributed by atoms with Crippen molar-refractivity contribution >= 4 is 17.1 Å². The number of H-pyrrole nitrogens is 2. The van der Waals surface area contributed by atoms with E-state index in [1.807, 2.05) is 0 Å². The summed E-state index contributed by atoms with van der Waals surface area (Å²) in [6, 6.07) is 0. The number of nitrogens with one attached hydrogen (secondary N) is 2. The van der Waals surface area contributed by atoms with E-state index in [0.717, 1.165) is 18.7 Å². The van der Waals surface area contributed by atoms with E-state index in [4.69, 9.17) is 5.73 Å². The SMILES string of the molecule is Nc1nc2nc(C3CCCCCCC3)[nH]c2c(=O)[nH]1. The molecule has 4 N–H and O–H groups in total. The molecule has 0 amide bonds. The van der Waals surface area contributed by atoms with Gasteiger partial charge in [0.15, 0.2) is 11.2 Å². The highest BCUT2D eigenvalue weighted by atomic mass is 16.1. The highest BCUT2D eigenvalue weighted by Crippen LogP contribution is 2.29. The van der Waals surface area contributed by atoms with Crippen LogP contribution in [-0.2, 0) is 0 Å². The molecule has 2 aromatic heterocycles. The van der Waals surface area contributed by atoms with Crippen LogP contribution >= 0.6 is 0 Å². The van der Waals surface area contributed by atoms with Gasteiger partial charge in [0.25, 0.3) is 5.56 Å². The fraction of sp³-hybridized carbons (Fsp3) is 0.615. The van der Waals surface area contributed by atoms with Crippen LogP contribution < -0.4 is 11.3 Å². The van der Waals surface area contributed by atoms with Gasteiger partial charge in [0, 0.05) is 5.92 Å². The van der Waals surface area contributed by atoms with Gasteiger partial charge in [-0.25, -0.2) is 4.98 Å². The van der Waals surface area contributed by atoms with Gasteiger partial charge in [-0.15, -0.1) is 0 Å².